The molecule has 0 aliphatic heterocycles. The van der Waals surface area contributed by atoms with Crippen LogP contribution in [0.1, 0.15) is 0 Å². The Balaban J connectivity index is 2.91. The molecule has 0 heterocycles. The summed E-state index contributed by atoms with van der Waals surface area (Å²) in [6.07, 6.45) is 0. The molecule has 2 amide bonds. The number of anilines is 1. The number of carbonyl (C=O) groups is 2. The molecule has 86 valence electrons. The Morgan fingerprint density at radius 1 is 1.19 bits per heavy atom. The Morgan fingerprint density at radius 3 is 2.12 bits per heavy atom. The molecule has 0 aliphatic carbocycles. The first-order valence-electron chi connectivity index (χ1n) is 3.92. The van der Waals surface area contributed by atoms with Crippen LogP contribution in [0.15, 0.2) is 12.1 Å². The average Bonchev–Trinajstić information content (AvgIpc) is 2.24. The third-order valence-electron chi connectivity index (χ3n) is 1.58. The lowest BCUT2D eigenvalue weighted by molar-refractivity contribution is -0.136. The van der Waals surface area contributed by atoms with Crippen LogP contribution >= 0.6 is 23.2 Å². The summed E-state index contributed by atoms with van der Waals surface area (Å²) >= 11 is 11.0. The summed E-state index contributed by atoms with van der Waals surface area (Å²) < 4.78 is 13.0. The highest BCUT2D eigenvalue weighted by Gasteiger charge is 2.14. The van der Waals surface area contributed by atoms with Gasteiger partial charge in [-0.3, -0.25) is 15.0 Å². The van der Waals surface area contributed by atoms with Crippen molar-refractivity contribution in [3.05, 3.63) is 28.0 Å². The van der Waals surface area contributed by atoms with Crippen LogP contribution in [0.5, 0.6) is 0 Å². The molecule has 8 heteroatoms. The van der Waals surface area contributed by atoms with E-state index in [-0.39, 0.29) is 15.7 Å². The fraction of sp³-hybridized carbons (Fsp3) is 0. The lowest BCUT2D eigenvalue weighted by Gasteiger charge is -2.05. The number of hydrogen-bond donors (Lipinski definition) is 3. The third kappa shape index (κ3) is 2.82. The first-order chi connectivity index (χ1) is 7.45. The molecular formula is C8H6Cl2FN3O2. The van der Waals surface area contributed by atoms with Gasteiger partial charge < -0.3 is 5.32 Å². The second kappa shape index (κ2) is 5.11. The maximum absolute atomic E-state index is 13.0. The van der Waals surface area contributed by atoms with Gasteiger partial charge in [0.05, 0.1) is 10.0 Å². The van der Waals surface area contributed by atoms with Gasteiger partial charge in [0, 0.05) is 5.69 Å². The van der Waals surface area contributed by atoms with E-state index >= 15 is 0 Å². The van der Waals surface area contributed by atoms with Crippen LogP contribution in [0.4, 0.5) is 10.1 Å². The van der Waals surface area contributed by atoms with Gasteiger partial charge in [0.2, 0.25) is 0 Å². The van der Waals surface area contributed by atoms with Crippen molar-refractivity contribution < 1.29 is 14.0 Å². The van der Waals surface area contributed by atoms with E-state index < -0.39 is 17.6 Å². The van der Waals surface area contributed by atoms with Crippen molar-refractivity contribution in [3.8, 4) is 0 Å². The SMILES string of the molecule is NNC(=O)C(=O)Nc1cc(Cl)c(F)c(Cl)c1. The summed E-state index contributed by atoms with van der Waals surface area (Å²) in [5.41, 5.74) is 1.72. The summed E-state index contributed by atoms with van der Waals surface area (Å²) in [5, 5.41) is 1.60. The van der Waals surface area contributed by atoms with Crippen molar-refractivity contribution in [1.82, 2.24) is 5.43 Å². The van der Waals surface area contributed by atoms with E-state index in [4.69, 9.17) is 29.0 Å². The van der Waals surface area contributed by atoms with Crippen molar-refractivity contribution in [3.63, 3.8) is 0 Å². The Labute approximate surface area is 99.7 Å². The van der Waals surface area contributed by atoms with Gasteiger partial charge in [-0.15, -0.1) is 0 Å². The number of carbonyl (C=O) groups excluding carboxylic acids is 2. The molecule has 16 heavy (non-hydrogen) atoms. The largest absolute Gasteiger partial charge is 0.323 e. The van der Waals surface area contributed by atoms with Gasteiger partial charge in [-0.05, 0) is 12.1 Å². The van der Waals surface area contributed by atoms with Crippen molar-refractivity contribution in [2.45, 2.75) is 0 Å². The lowest BCUT2D eigenvalue weighted by Crippen LogP contribution is -2.39. The van der Waals surface area contributed by atoms with Gasteiger partial charge in [-0.1, -0.05) is 23.2 Å². The second-order valence-electron chi connectivity index (χ2n) is 2.68. The summed E-state index contributed by atoms with van der Waals surface area (Å²) in [7, 11) is 0. The van der Waals surface area contributed by atoms with Gasteiger partial charge in [0.15, 0.2) is 5.82 Å². The van der Waals surface area contributed by atoms with Gasteiger partial charge in [-0.25, -0.2) is 10.2 Å². The van der Waals surface area contributed by atoms with Crippen molar-refractivity contribution in [1.29, 1.82) is 0 Å². The van der Waals surface area contributed by atoms with E-state index in [9.17, 15) is 14.0 Å². The van der Waals surface area contributed by atoms with Crippen LogP contribution in [-0.4, -0.2) is 11.8 Å². The van der Waals surface area contributed by atoms with Crippen molar-refractivity contribution in [2.24, 2.45) is 5.84 Å². The number of amides is 2. The van der Waals surface area contributed by atoms with Gasteiger partial charge >= 0.3 is 11.8 Å². The zero-order valence-electron chi connectivity index (χ0n) is 7.68. The first kappa shape index (κ1) is 12.7. The molecule has 1 aromatic rings. The first-order valence-corrected chi connectivity index (χ1v) is 4.67. The zero-order valence-corrected chi connectivity index (χ0v) is 9.19. The van der Waals surface area contributed by atoms with Gasteiger partial charge in [-0.2, -0.15) is 0 Å². The summed E-state index contributed by atoms with van der Waals surface area (Å²) in [4.78, 5) is 21.8. The highest BCUT2D eigenvalue weighted by molar-refractivity contribution is 6.40. The Bertz CT molecular complexity index is 430. The highest BCUT2D eigenvalue weighted by atomic mass is 35.5. The predicted octanol–water partition coefficient (Wildman–Crippen LogP) is 1.06. The van der Waals surface area contributed by atoms with Crippen molar-refractivity contribution in [2.75, 3.05) is 5.32 Å². The Kier molecular flexibility index (Phi) is 4.05. The minimum atomic E-state index is -1.04. The fourth-order valence-corrected chi connectivity index (χ4v) is 1.37. The molecule has 0 unspecified atom stereocenters. The summed E-state index contributed by atoms with van der Waals surface area (Å²) in [6, 6.07) is 2.23. The molecule has 0 atom stereocenters. The monoisotopic (exact) mass is 265 g/mol. The Morgan fingerprint density at radius 2 is 1.69 bits per heavy atom. The molecule has 0 saturated carbocycles. The number of hydrogen-bond acceptors (Lipinski definition) is 3. The lowest BCUT2D eigenvalue weighted by atomic mass is 10.3. The van der Waals surface area contributed by atoms with Crippen LogP contribution in [0.25, 0.3) is 0 Å². The van der Waals surface area contributed by atoms with E-state index in [2.05, 4.69) is 5.32 Å². The number of halogens is 3. The van der Waals surface area contributed by atoms with Crippen LogP contribution in [0.2, 0.25) is 10.0 Å². The maximum atomic E-state index is 13.0. The highest BCUT2D eigenvalue weighted by Crippen LogP contribution is 2.27. The molecule has 5 nitrogen and oxygen atoms in total. The number of benzene rings is 1. The molecule has 0 aliphatic rings. The van der Waals surface area contributed by atoms with Gasteiger partial charge in [0.25, 0.3) is 0 Å². The number of hydrazine groups is 1. The quantitative estimate of drug-likeness (QED) is 0.233. The van der Waals surface area contributed by atoms with E-state index in [1.54, 1.807) is 5.43 Å². The molecule has 1 aromatic carbocycles. The topological polar surface area (TPSA) is 84.2 Å². The molecule has 0 spiro atoms. The molecule has 0 saturated heterocycles. The minimum absolute atomic E-state index is 0.0880. The van der Waals surface area contributed by atoms with Crippen LogP contribution < -0.4 is 16.6 Å². The number of nitrogens with two attached hydrogens (primary N) is 1. The number of nitrogens with one attached hydrogen (secondary N) is 2. The maximum Gasteiger partial charge on any atom is 0.323 e. The standard InChI is InChI=1S/C8H6Cl2FN3O2/c9-4-1-3(2-5(10)6(4)11)13-7(15)8(16)14-12/h1-2H,12H2,(H,13,15)(H,14,16). The van der Waals surface area contributed by atoms with Gasteiger partial charge in [0.1, 0.15) is 0 Å². The number of rotatable bonds is 1. The Hall–Kier alpha value is -1.37. The minimum Gasteiger partial charge on any atom is -0.318 e. The average molecular weight is 266 g/mol. The smallest absolute Gasteiger partial charge is 0.318 e. The van der Waals surface area contributed by atoms with E-state index in [0.29, 0.717) is 0 Å². The van der Waals surface area contributed by atoms with E-state index in [1.807, 2.05) is 0 Å². The van der Waals surface area contributed by atoms with Crippen LogP contribution in [0.3, 0.4) is 0 Å². The van der Waals surface area contributed by atoms with Crippen LogP contribution in [0, 0.1) is 5.82 Å². The zero-order chi connectivity index (χ0) is 12.3. The molecule has 0 aromatic heterocycles. The third-order valence-corrected chi connectivity index (χ3v) is 2.13. The van der Waals surface area contributed by atoms with Crippen molar-refractivity contribution >= 4 is 40.7 Å². The molecule has 1 rings (SSSR count). The van der Waals surface area contributed by atoms with Crippen LogP contribution in [-0.2, 0) is 9.59 Å². The molecule has 0 fully saturated rings. The summed E-state index contributed by atoms with van der Waals surface area (Å²) in [6.45, 7) is 0. The summed E-state index contributed by atoms with van der Waals surface area (Å²) in [5.74, 6) is 1.88. The normalized spacial score (nSPS) is 9.75. The van der Waals surface area contributed by atoms with E-state index in [1.165, 1.54) is 0 Å². The second-order valence-corrected chi connectivity index (χ2v) is 3.50. The molecule has 0 radical (unpaired) electrons. The van der Waals surface area contributed by atoms with E-state index in [0.717, 1.165) is 12.1 Å². The predicted molar refractivity (Wildman–Crippen MR) is 57.4 cm³/mol. The molecular weight excluding hydrogens is 260 g/mol. The molecule has 0 bridgehead atoms. The fourth-order valence-electron chi connectivity index (χ4n) is 0.881. The molecule has 4 N–H and O–H groups in total.